The van der Waals surface area contributed by atoms with Crippen LogP contribution in [0.5, 0.6) is 0 Å². The molecule has 0 aliphatic carbocycles. The van der Waals surface area contributed by atoms with Gasteiger partial charge in [0.05, 0.1) is 11.8 Å². The van der Waals surface area contributed by atoms with Crippen molar-refractivity contribution >= 4 is 28.6 Å². The Bertz CT molecular complexity index is 531. The summed E-state index contributed by atoms with van der Waals surface area (Å²) in [4.78, 5) is 1.33. The molecule has 0 amide bonds. The topological polar surface area (TPSA) is 24.4 Å². The van der Waals surface area contributed by atoms with Crippen molar-refractivity contribution in [2.75, 3.05) is 0 Å². The number of halogens is 1. The highest BCUT2D eigenvalue weighted by Gasteiger charge is 2.21. The number of hydrazone groups is 1. The number of hydrogen-bond donors (Lipinski definition) is 1. The summed E-state index contributed by atoms with van der Waals surface area (Å²) in [5, 5.41) is 7.26. The van der Waals surface area contributed by atoms with Crippen molar-refractivity contribution in [3.63, 3.8) is 0 Å². The van der Waals surface area contributed by atoms with Crippen LogP contribution in [0, 0.1) is 0 Å². The van der Waals surface area contributed by atoms with Gasteiger partial charge in [0.15, 0.2) is 0 Å². The standard InChI is InChI=1S/C13H11ClN2S/c14-10-5-3-9(4-6-10)11-8-12(16-15-11)13-2-1-7-17-13/h1-7,12,16H,8H2. The van der Waals surface area contributed by atoms with E-state index in [2.05, 4.69) is 28.0 Å². The van der Waals surface area contributed by atoms with Gasteiger partial charge >= 0.3 is 0 Å². The molecule has 1 atom stereocenters. The lowest BCUT2D eigenvalue weighted by Crippen LogP contribution is -2.07. The molecule has 4 heteroatoms. The van der Waals surface area contributed by atoms with Crippen LogP contribution in [0.15, 0.2) is 46.9 Å². The van der Waals surface area contributed by atoms with Crippen LogP contribution in [0.2, 0.25) is 5.02 Å². The predicted molar refractivity (Wildman–Crippen MR) is 72.8 cm³/mol. The Morgan fingerprint density at radius 3 is 2.76 bits per heavy atom. The first-order valence-corrected chi connectivity index (χ1v) is 6.70. The van der Waals surface area contributed by atoms with Crippen LogP contribution in [-0.2, 0) is 0 Å². The van der Waals surface area contributed by atoms with Crippen LogP contribution >= 0.6 is 22.9 Å². The van der Waals surface area contributed by atoms with Gasteiger partial charge in [-0.25, -0.2) is 0 Å². The average Bonchev–Trinajstić information content (AvgIpc) is 3.00. The number of rotatable bonds is 2. The number of thiophene rings is 1. The fourth-order valence-corrected chi connectivity index (χ4v) is 2.82. The van der Waals surface area contributed by atoms with Crippen molar-refractivity contribution < 1.29 is 0 Å². The summed E-state index contributed by atoms with van der Waals surface area (Å²) in [5.41, 5.74) is 5.42. The lowest BCUT2D eigenvalue weighted by Gasteiger charge is -2.06. The third kappa shape index (κ3) is 2.21. The van der Waals surface area contributed by atoms with Crippen molar-refractivity contribution in [1.29, 1.82) is 0 Å². The van der Waals surface area contributed by atoms with Gasteiger partial charge in [-0.2, -0.15) is 5.10 Å². The first kappa shape index (κ1) is 10.8. The monoisotopic (exact) mass is 262 g/mol. The Balaban J connectivity index is 1.77. The largest absolute Gasteiger partial charge is 0.301 e. The number of benzene rings is 1. The minimum atomic E-state index is 0.320. The first-order chi connectivity index (χ1) is 8.33. The third-order valence-electron chi connectivity index (χ3n) is 2.82. The maximum atomic E-state index is 5.87. The van der Waals surface area contributed by atoms with Gasteiger partial charge in [0, 0.05) is 16.3 Å². The normalized spacial score (nSPS) is 18.9. The molecule has 17 heavy (non-hydrogen) atoms. The molecule has 86 valence electrons. The summed E-state index contributed by atoms with van der Waals surface area (Å²) >= 11 is 7.64. The number of nitrogens with zero attached hydrogens (tertiary/aromatic N) is 1. The highest BCUT2D eigenvalue weighted by molar-refractivity contribution is 7.10. The van der Waals surface area contributed by atoms with Crippen LogP contribution < -0.4 is 5.43 Å². The molecule has 0 spiro atoms. The van der Waals surface area contributed by atoms with Gasteiger partial charge in [-0.3, -0.25) is 0 Å². The van der Waals surface area contributed by atoms with E-state index >= 15 is 0 Å². The van der Waals surface area contributed by atoms with E-state index in [4.69, 9.17) is 11.6 Å². The molecule has 1 unspecified atom stereocenters. The smallest absolute Gasteiger partial charge is 0.0838 e. The second-order valence-corrected chi connectivity index (χ2v) is 5.38. The zero-order valence-electron chi connectivity index (χ0n) is 9.06. The van der Waals surface area contributed by atoms with E-state index in [-0.39, 0.29) is 0 Å². The summed E-state index contributed by atoms with van der Waals surface area (Å²) in [5.74, 6) is 0. The molecule has 0 bridgehead atoms. The van der Waals surface area contributed by atoms with E-state index in [1.54, 1.807) is 11.3 Å². The molecule has 0 saturated heterocycles. The van der Waals surface area contributed by atoms with E-state index in [1.165, 1.54) is 4.88 Å². The molecule has 1 N–H and O–H groups in total. The molecule has 1 aromatic heterocycles. The molecule has 3 rings (SSSR count). The Morgan fingerprint density at radius 2 is 2.06 bits per heavy atom. The fourth-order valence-electron chi connectivity index (χ4n) is 1.92. The average molecular weight is 263 g/mol. The summed E-state index contributed by atoms with van der Waals surface area (Å²) in [6.07, 6.45) is 0.933. The predicted octanol–water partition coefficient (Wildman–Crippen LogP) is 3.84. The molecule has 1 aliphatic rings. The summed E-state index contributed by atoms with van der Waals surface area (Å²) in [6, 6.07) is 12.4. The zero-order valence-corrected chi connectivity index (χ0v) is 10.6. The lowest BCUT2D eigenvalue weighted by atomic mass is 10.0. The van der Waals surface area contributed by atoms with Gasteiger partial charge < -0.3 is 5.43 Å². The second kappa shape index (κ2) is 4.51. The maximum absolute atomic E-state index is 5.87. The quantitative estimate of drug-likeness (QED) is 0.874. The molecule has 0 fully saturated rings. The highest BCUT2D eigenvalue weighted by atomic mass is 35.5. The van der Waals surface area contributed by atoms with Crippen LogP contribution in [-0.4, -0.2) is 5.71 Å². The van der Waals surface area contributed by atoms with Crippen molar-refractivity contribution in [2.45, 2.75) is 12.5 Å². The Kier molecular flexibility index (Phi) is 2.87. The van der Waals surface area contributed by atoms with Crippen LogP contribution in [0.4, 0.5) is 0 Å². The zero-order chi connectivity index (χ0) is 11.7. The van der Waals surface area contributed by atoms with Crippen LogP contribution in [0.1, 0.15) is 22.9 Å². The summed E-state index contributed by atoms with van der Waals surface area (Å²) in [7, 11) is 0. The summed E-state index contributed by atoms with van der Waals surface area (Å²) < 4.78 is 0. The van der Waals surface area contributed by atoms with Gasteiger partial charge in [0.25, 0.3) is 0 Å². The lowest BCUT2D eigenvalue weighted by molar-refractivity contribution is 0.630. The van der Waals surface area contributed by atoms with Crippen molar-refractivity contribution in [2.24, 2.45) is 5.10 Å². The fraction of sp³-hybridized carbons (Fsp3) is 0.154. The van der Waals surface area contributed by atoms with Gasteiger partial charge in [-0.15, -0.1) is 11.3 Å². The molecular weight excluding hydrogens is 252 g/mol. The Morgan fingerprint density at radius 1 is 1.24 bits per heavy atom. The molecule has 1 aromatic carbocycles. The first-order valence-electron chi connectivity index (χ1n) is 5.44. The number of nitrogens with one attached hydrogen (secondary N) is 1. The van der Waals surface area contributed by atoms with Gasteiger partial charge in [0.1, 0.15) is 0 Å². The minimum Gasteiger partial charge on any atom is -0.301 e. The molecule has 2 nitrogen and oxygen atoms in total. The molecule has 0 saturated carbocycles. The van der Waals surface area contributed by atoms with E-state index in [1.807, 2.05) is 24.3 Å². The minimum absolute atomic E-state index is 0.320. The Hall–Kier alpha value is -1.32. The highest BCUT2D eigenvalue weighted by Crippen LogP contribution is 2.27. The van der Waals surface area contributed by atoms with Gasteiger partial charge in [0.2, 0.25) is 0 Å². The van der Waals surface area contributed by atoms with Crippen LogP contribution in [0.3, 0.4) is 0 Å². The second-order valence-electron chi connectivity index (χ2n) is 3.97. The van der Waals surface area contributed by atoms with Crippen molar-refractivity contribution in [1.82, 2.24) is 5.43 Å². The van der Waals surface area contributed by atoms with Gasteiger partial charge in [-0.05, 0) is 29.1 Å². The molecule has 0 radical (unpaired) electrons. The third-order valence-corrected chi connectivity index (χ3v) is 4.05. The molecule has 1 aliphatic heterocycles. The van der Waals surface area contributed by atoms with E-state index in [0.29, 0.717) is 6.04 Å². The van der Waals surface area contributed by atoms with Gasteiger partial charge in [-0.1, -0.05) is 29.8 Å². The van der Waals surface area contributed by atoms with E-state index in [0.717, 1.165) is 22.7 Å². The number of hydrogen-bond acceptors (Lipinski definition) is 3. The van der Waals surface area contributed by atoms with Crippen molar-refractivity contribution in [3.8, 4) is 0 Å². The Labute approximate surface area is 109 Å². The molecular formula is C13H11ClN2S. The maximum Gasteiger partial charge on any atom is 0.0838 e. The van der Waals surface area contributed by atoms with E-state index in [9.17, 15) is 0 Å². The SMILES string of the molecule is Clc1ccc(C2=NNC(c3cccs3)C2)cc1. The van der Waals surface area contributed by atoms with Crippen molar-refractivity contribution in [3.05, 3.63) is 57.2 Å². The summed E-state index contributed by atoms with van der Waals surface area (Å²) in [6.45, 7) is 0. The van der Waals surface area contributed by atoms with Crippen LogP contribution in [0.25, 0.3) is 0 Å². The molecule has 2 heterocycles. The van der Waals surface area contributed by atoms with E-state index < -0.39 is 0 Å². The molecule has 2 aromatic rings.